The fourth-order valence-corrected chi connectivity index (χ4v) is 7.42. The second kappa shape index (κ2) is 34.7. The van der Waals surface area contributed by atoms with Crippen LogP contribution in [-0.4, -0.2) is 29.1 Å². The van der Waals surface area contributed by atoms with Gasteiger partial charge < -0.3 is 9.80 Å². The van der Waals surface area contributed by atoms with Crippen molar-refractivity contribution in [1.29, 1.82) is 0 Å². The first-order valence-electron chi connectivity index (χ1n) is 21.5. The van der Waals surface area contributed by atoms with Crippen molar-refractivity contribution in [2.75, 3.05) is 13.1 Å². The van der Waals surface area contributed by atoms with E-state index in [0.717, 1.165) is 0 Å². The lowest BCUT2D eigenvalue weighted by atomic mass is 10.0. The van der Waals surface area contributed by atoms with Gasteiger partial charge in [-0.05, 0) is 25.7 Å². The van der Waals surface area contributed by atoms with E-state index in [4.69, 9.17) is 0 Å². The van der Waals surface area contributed by atoms with Crippen molar-refractivity contribution in [3.8, 4) is 0 Å². The molecule has 1 heterocycles. The summed E-state index contributed by atoms with van der Waals surface area (Å²) in [5.41, 5.74) is 0. The summed E-state index contributed by atoms with van der Waals surface area (Å²) in [7, 11) is 0. The van der Waals surface area contributed by atoms with Gasteiger partial charge in [0.15, 0.2) is 0 Å². The zero-order valence-electron chi connectivity index (χ0n) is 31.8. The summed E-state index contributed by atoms with van der Waals surface area (Å²) in [6.07, 6.45) is 55.9. The number of hydrogen-bond acceptors (Lipinski definition) is 2. The van der Waals surface area contributed by atoms with Gasteiger partial charge in [-0.15, -0.1) is 0 Å². The standard InChI is InChI=1S/C43H86N2/c1-4-7-10-13-15-17-19-21-23-24-26-28-30-32-34-37-40-45-42-41-44(43(45)38-35-12-9-6-3)39-36-33-31-29-27-25-22-20-18-16-14-11-8-5-2/h41-43H,4-40H2,1-3H3. The maximum atomic E-state index is 2.71. The molecule has 2 heteroatoms. The molecule has 268 valence electrons. The SMILES string of the molecule is CCCCCCCCCCCCCCCCCCN1C=CN(CCCCCCCCCCCCCCCC)C1CCCCCC. The van der Waals surface area contributed by atoms with Crippen LogP contribution in [0.25, 0.3) is 0 Å². The quantitative estimate of drug-likeness (QED) is 0.0630. The Balaban J connectivity index is 2.05. The Morgan fingerprint density at radius 2 is 0.511 bits per heavy atom. The van der Waals surface area contributed by atoms with Gasteiger partial charge >= 0.3 is 0 Å². The van der Waals surface area contributed by atoms with Crippen LogP contribution in [0.1, 0.15) is 245 Å². The highest BCUT2D eigenvalue weighted by Crippen LogP contribution is 2.24. The van der Waals surface area contributed by atoms with Crippen molar-refractivity contribution in [2.24, 2.45) is 0 Å². The van der Waals surface area contributed by atoms with Gasteiger partial charge in [-0.2, -0.15) is 0 Å². The molecule has 0 fully saturated rings. The van der Waals surface area contributed by atoms with Gasteiger partial charge in [0, 0.05) is 25.5 Å². The molecule has 0 aromatic heterocycles. The summed E-state index contributed by atoms with van der Waals surface area (Å²) in [4.78, 5) is 5.42. The van der Waals surface area contributed by atoms with E-state index in [1.54, 1.807) is 0 Å². The third-order valence-corrected chi connectivity index (χ3v) is 10.6. The van der Waals surface area contributed by atoms with Crippen molar-refractivity contribution in [3.05, 3.63) is 12.4 Å². The average Bonchev–Trinajstić information content (AvgIpc) is 3.44. The van der Waals surface area contributed by atoms with E-state index in [0.29, 0.717) is 6.17 Å². The monoisotopic (exact) mass is 631 g/mol. The summed E-state index contributed by atoms with van der Waals surface area (Å²) < 4.78 is 0. The molecule has 0 spiro atoms. The first-order valence-corrected chi connectivity index (χ1v) is 21.5. The number of rotatable bonds is 37. The highest BCUT2D eigenvalue weighted by Gasteiger charge is 2.24. The van der Waals surface area contributed by atoms with E-state index >= 15 is 0 Å². The van der Waals surface area contributed by atoms with Crippen LogP contribution in [0.2, 0.25) is 0 Å². The first-order chi connectivity index (χ1) is 22.3. The molecular formula is C43H86N2. The van der Waals surface area contributed by atoms with Gasteiger partial charge in [-0.1, -0.05) is 220 Å². The average molecular weight is 631 g/mol. The molecule has 45 heavy (non-hydrogen) atoms. The predicted octanol–water partition coefficient (Wildman–Crippen LogP) is 15.1. The number of unbranched alkanes of at least 4 members (excludes halogenated alkanes) is 31. The molecule has 0 radical (unpaired) electrons. The highest BCUT2D eigenvalue weighted by atomic mass is 15.4. The Morgan fingerprint density at radius 1 is 0.289 bits per heavy atom. The van der Waals surface area contributed by atoms with Crippen molar-refractivity contribution in [2.45, 2.75) is 252 Å². The Labute approximate surface area is 286 Å². The van der Waals surface area contributed by atoms with Gasteiger partial charge in [-0.25, -0.2) is 0 Å². The van der Waals surface area contributed by atoms with E-state index in [9.17, 15) is 0 Å². The highest BCUT2D eigenvalue weighted by molar-refractivity contribution is 4.97. The fourth-order valence-electron chi connectivity index (χ4n) is 7.42. The third-order valence-electron chi connectivity index (χ3n) is 10.6. The minimum Gasteiger partial charge on any atom is -0.356 e. The topological polar surface area (TPSA) is 6.48 Å². The summed E-state index contributed by atoms with van der Waals surface area (Å²) in [5, 5.41) is 0. The van der Waals surface area contributed by atoms with Crippen LogP contribution in [0.3, 0.4) is 0 Å². The van der Waals surface area contributed by atoms with E-state index in [-0.39, 0.29) is 0 Å². The minimum atomic E-state index is 0.639. The molecule has 0 N–H and O–H groups in total. The van der Waals surface area contributed by atoms with Gasteiger partial charge in [0.25, 0.3) is 0 Å². The fraction of sp³-hybridized carbons (Fsp3) is 0.953. The van der Waals surface area contributed by atoms with Gasteiger partial charge in [0.1, 0.15) is 6.17 Å². The lowest BCUT2D eigenvalue weighted by Crippen LogP contribution is -2.39. The Hall–Kier alpha value is -0.660. The molecule has 0 saturated heterocycles. The normalized spacial score (nSPS) is 14.8. The van der Waals surface area contributed by atoms with Gasteiger partial charge in [-0.3, -0.25) is 0 Å². The summed E-state index contributed by atoms with van der Waals surface area (Å²) in [6, 6.07) is 0. The lowest BCUT2D eigenvalue weighted by Gasteiger charge is -2.33. The molecule has 0 aromatic rings. The van der Waals surface area contributed by atoms with Crippen molar-refractivity contribution in [3.63, 3.8) is 0 Å². The second-order valence-corrected chi connectivity index (χ2v) is 15.0. The van der Waals surface area contributed by atoms with Crippen LogP contribution in [0.15, 0.2) is 12.4 Å². The smallest absolute Gasteiger partial charge is 0.101 e. The first kappa shape index (κ1) is 42.4. The molecule has 1 unspecified atom stereocenters. The summed E-state index contributed by atoms with van der Waals surface area (Å²) in [5.74, 6) is 0. The van der Waals surface area contributed by atoms with E-state index in [1.165, 1.54) is 238 Å². The van der Waals surface area contributed by atoms with Crippen molar-refractivity contribution in [1.82, 2.24) is 9.80 Å². The Kier molecular flexibility index (Phi) is 32.6. The second-order valence-electron chi connectivity index (χ2n) is 15.0. The third kappa shape index (κ3) is 27.0. The van der Waals surface area contributed by atoms with E-state index in [2.05, 4.69) is 43.0 Å². The molecule has 1 aliphatic rings. The number of nitrogens with zero attached hydrogens (tertiary/aromatic N) is 2. The number of hydrogen-bond donors (Lipinski definition) is 0. The maximum Gasteiger partial charge on any atom is 0.101 e. The molecule has 0 aliphatic carbocycles. The van der Waals surface area contributed by atoms with Gasteiger partial charge in [0.2, 0.25) is 0 Å². The molecule has 1 aliphatic heterocycles. The predicted molar refractivity (Wildman–Crippen MR) is 205 cm³/mol. The van der Waals surface area contributed by atoms with E-state index < -0.39 is 0 Å². The summed E-state index contributed by atoms with van der Waals surface area (Å²) in [6.45, 7) is 9.49. The zero-order valence-corrected chi connectivity index (χ0v) is 31.8. The molecule has 0 aromatic carbocycles. The largest absolute Gasteiger partial charge is 0.356 e. The van der Waals surface area contributed by atoms with Crippen LogP contribution in [0, 0.1) is 0 Å². The molecule has 1 atom stereocenters. The molecule has 2 nitrogen and oxygen atoms in total. The Morgan fingerprint density at radius 3 is 0.778 bits per heavy atom. The zero-order chi connectivity index (χ0) is 32.3. The van der Waals surface area contributed by atoms with Crippen LogP contribution in [-0.2, 0) is 0 Å². The molecule has 0 amide bonds. The lowest BCUT2D eigenvalue weighted by molar-refractivity contribution is 0.135. The van der Waals surface area contributed by atoms with Crippen LogP contribution >= 0.6 is 0 Å². The van der Waals surface area contributed by atoms with Crippen molar-refractivity contribution < 1.29 is 0 Å². The molecular weight excluding hydrogens is 544 g/mol. The molecule has 0 bridgehead atoms. The van der Waals surface area contributed by atoms with Crippen molar-refractivity contribution >= 4 is 0 Å². The van der Waals surface area contributed by atoms with Crippen LogP contribution in [0.5, 0.6) is 0 Å². The molecule has 1 rings (SSSR count). The van der Waals surface area contributed by atoms with Crippen LogP contribution in [0.4, 0.5) is 0 Å². The minimum absolute atomic E-state index is 0.639. The molecule has 0 saturated carbocycles. The summed E-state index contributed by atoms with van der Waals surface area (Å²) >= 11 is 0. The Bertz CT molecular complexity index is 586. The van der Waals surface area contributed by atoms with Gasteiger partial charge in [0.05, 0.1) is 0 Å². The van der Waals surface area contributed by atoms with E-state index in [1.807, 2.05) is 0 Å². The maximum absolute atomic E-state index is 2.71. The van der Waals surface area contributed by atoms with Crippen LogP contribution < -0.4 is 0 Å².